The van der Waals surface area contributed by atoms with Crippen molar-refractivity contribution in [2.45, 2.75) is 0 Å². The topological polar surface area (TPSA) is 13.1 Å². The van der Waals surface area contributed by atoms with Crippen molar-refractivity contribution in [1.29, 1.82) is 0 Å². The molecular weight excluding hydrogens is 498 g/mol. The van der Waals surface area contributed by atoms with E-state index in [-0.39, 0.29) is 0 Å². The van der Waals surface area contributed by atoms with E-state index in [4.69, 9.17) is 0 Å². The van der Waals surface area contributed by atoms with Crippen LogP contribution in [0.15, 0.2) is 164 Å². The summed E-state index contributed by atoms with van der Waals surface area (Å²) in [5.41, 5.74) is 9.32. The first-order valence-electron chi connectivity index (χ1n) is 14.0. The Bertz CT molecular complexity index is 2080. The Labute approximate surface area is 238 Å². The van der Waals surface area contributed by atoms with Crippen LogP contribution >= 0.6 is 0 Å². The summed E-state index contributed by atoms with van der Waals surface area (Å²) in [7, 11) is 0. The largest absolute Gasteiger partial charge is 0.317 e. The highest BCUT2D eigenvalue weighted by Gasteiger charge is 2.16. The molecule has 0 bridgehead atoms. The van der Waals surface area contributed by atoms with Crippen molar-refractivity contribution in [3.8, 4) is 11.4 Å². The molecule has 0 aliphatic carbocycles. The van der Waals surface area contributed by atoms with E-state index < -0.39 is 0 Å². The molecular formula is C38H27N3. The van der Waals surface area contributed by atoms with Crippen molar-refractivity contribution in [2.75, 3.05) is 4.90 Å². The van der Waals surface area contributed by atoms with Gasteiger partial charge >= 0.3 is 0 Å². The van der Waals surface area contributed by atoms with Gasteiger partial charge in [0.15, 0.2) is 0 Å². The summed E-state index contributed by atoms with van der Waals surface area (Å²) in [6, 6.07) is 56.1. The van der Waals surface area contributed by atoms with Gasteiger partial charge in [-0.25, -0.2) is 0 Å². The highest BCUT2D eigenvalue weighted by Crippen LogP contribution is 2.38. The van der Waals surface area contributed by atoms with Crippen LogP contribution in [0.1, 0.15) is 0 Å². The van der Waals surface area contributed by atoms with E-state index in [0.717, 1.165) is 22.7 Å². The van der Waals surface area contributed by atoms with Crippen LogP contribution in [-0.2, 0) is 0 Å². The van der Waals surface area contributed by atoms with Crippen LogP contribution in [0.3, 0.4) is 0 Å². The lowest BCUT2D eigenvalue weighted by Gasteiger charge is -2.25. The summed E-state index contributed by atoms with van der Waals surface area (Å²) in [6.07, 6.45) is 2.17. The Morgan fingerprint density at radius 3 is 1.66 bits per heavy atom. The van der Waals surface area contributed by atoms with Gasteiger partial charge < -0.3 is 14.0 Å². The minimum absolute atomic E-state index is 1.12. The van der Waals surface area contributed by atoms with Gasteiger partial charge in [0.25, 0.3) is 0 Å². The average Bonchev–Trinajstić information content (AvgIpc) is 3.60. The fraction of sp³-hybridized carbons (Fsp3) is 0. The molecule has 3 nitrogen and oxygen atoms in total. The molecule has 0 aliphatic heterocycles. The van der Waals surface area contributed by atoms with Crippen molar-refractivity contribution >= 4 is 49.8 Å². The van der Waals surface area contributed by atoms with E-state index in [9.17, 15) is 0 Å². The lowest BCUT2D eigenvalue weighted by atomic mass is 10.1. The molecule has 0 aliphatic rings. The molecule has 0 unspecified atom stereocenters. The van der Waals surface area contributed by atoms with E-state index in [2.05, 4.69) is 178 Å². The Morgan fingerprint density at radius 2 is 0.976 bits per heavy atom. The minimum Gasteiger partial charge on any atom is -0.317 e. The second-order valence-electron chi connectivity index (χ2n) is 10.3. The minimum atomic E-state index is 1.12. The number of anilines is 3. The van der Waals surface area contributed by atoms with Gasteiger partial charge in [0, 0.05) is 50.8 Å². The standard InChI is InChI=1S/C38H27N3/c1-4-12-29(13-5-1)39-25-24-28-26-38-35(27-37(28)39)34-18-10-11-19-36(34)41(38)33-22-20-32(21-23-33)40(30-14-6-2-7-15-30)31-16-8-3-9-17-31/h1-27H. The van der Waals surface area contributed by atoms with Crippen LogP contribution in [0.5, 0.6) is 0 Å². The second kappa shape index (κ2) is 9.58. The number of para-hydroxylation sites is 4. The molecule has 0 atom stereocenters. The molecule has 8 aromatic rings. The molecule has 8 rings (SSSR count). The lowest BCUT2D eigenvalue weighted by molar-refractivity contribution is 1.13. The Hall–Kier alpha value is -5.54. The molecule has 2 aromatic heterocycles. The number of aromatic nitrogens is 2. The normalized spacial score (nSPS) is 11.4. The van der Waals surface area contributed by atoms with Gasteiger partial charge in [-0.15, -0.1) is 0 Å². The van der Waals surface area contributed by atoms with Crippen molar-refractivity contribution in [1.82, 2.24) is 9.13 Å². The summed E-state index contributed by atoms with van der Waals surface area (Å²) < 4.78 is 4.67. The van der Waals surface area contributed by atoms with Gasteiger partial charge in [0.1, 0.15) is 0 Å². The first kappa shape index (κ1) is 23.4. The van der Waals surface area contributed by atoms with Gasteiger partial charge in [0.05, 0.1) is 16.6 Å². The van der Waals surface area contributed by atoms with E-state index >= 15 is 0 Å². The van der Waals surface area contributed by atoms with Crippen LogP contribution in [-0.4, -0.2) is 9.13 Å². The predicted molar refractivity (Wildman–Crippen MR) is 172 cm³/mol. The molecule has 194 valence electrons. The fourth-order valence-corrected chi connectivity index (χ4v) is 6.04. The maximum Gasteiger partial charge on any atom is 0.0548 e. The molecule has 0 fully saturated rings. The summed E-state index contributed by atoms with van der Waals surface area (Å²) in [5, 5.41) is 3.73. The molecule has 3 heteroatoms. The van der Waals surface area contributed by atoms with Gasteiger partial charge in [-0.2, -0.15) is 0 Å². The first-order chi connectivity index (χ1) is 20.3. The number of nitrogens with zero attached hydrogens (tertiary/aromatic N) is 3. The highest BCUT2D eigenvalue weighted by molar-refractivity contribution is 6.13. The monoisotopic (exact) mass is 525 g/mol. The maximum absolute atomic E-state index is 2.39. The van der Waals surface area contributed by atoms with E-state index in [0.29, 0.717) is 0 Å². The molecule has 0 spiro atoms. The van der Waals surface area contributed by atoms with E-state index in [1.807, 2.05) is 0 Å². The molecule has 0 amide bonds. The molecule has 0 saturated carbocycles. The Morgan fingerprint density at radius 1 is 0.390 bits per heavy atom. The molecule has 2 heterocycles. The van der Waals surface area contributed by atoms with Crippen LogP contribution < -0.4 is 4.90 Å². The fourth-order valence-electron chi connectivity index (χ4n) is 6.04. The third-order valence-electron chi connectivity index (χ3n) is 7.91. The summed E-state index contributed by atoms with van der Waals surface area (Å²) in [6.45, 7) is 0. The summed E-state index contributed by atoms with van der Waals surface area (Å²) in [4.78, 5) is 2.30. The SMILES string of the molecule is c1ccc(N(c2ccccc2)c2ccc(-n3c4ccccc4c4cc5c(ccn5-c5ccccc5)cc43)cc2)cc1. The van der Waals surface area contributed by atoms with Gasteiger partial charge in [-0.3, -0.25) is 0 Å². The number of rotatable bonds is 5. The zero-order chi connectivity index (χ0) is 27.2. The summed E-state index contributed by atoms with van der Waals surface area (Å²) in [5.74, 6) is 0. The van der Waals surface area contributed by atoms with Gasteiger partial charge in [0.2, 0.25) is 0 Å². The van der Waals surface area contributed by atoms with Crippen LogP contribution in [0.2, 0.25) is 0 Å². The third kappa shape index (κ3) is 3.90. The smallest absolute Gasteiger partial charge is 0.0548 e. The maximum atomic E-state index is 2.39. The highest BCUT2D eigenvalue weighted by atomic mass is 15.1. The molecule has 0 saturated heterocycles. The van der Waals surface area contributed by atoms with Crippen LogP contribution in [0.25, 0.3) is 44.1 Å². The number of fused-ring (bicyclic) bond motifs is 4. The Kier molecular flexibility index (Phi) is 5.46. The predicted octanol–water partition coefficient (Wildman–Crippen LogP) is 10.2. The van der Waals surface area contributed by atoms with Gasteiger partial charge in [-0.1, -0.05) is 72.8 Å². The molecule has 6 aromatic carbocycles. The lowest BCUT2D eigenvalue weighted by Crippen LogP contribution is -2.09. The van der Waals surface area contributed by atoms with E-state index in [1.165, 1.54) is 38.4 Å². The quantitative estimate of drug-likeness (QED) is 0.218. The van der Waals surface area contributed by atoms with Gasteiger partial charge in [-0.05, 0) is 84.9 Å². The van der Waals surface area contributed by atoms with Crippen LogP contribution in [0.4, 0.5) is 17.1 Å². The van der Waals surface area contributed by atoms with Crippen molar-refractivity contribution < 1.29 is 0 Å². The first-order valence-corrected chi connectivity index (χ1v) is 14.0. The average molecular weight is 526 g/mol. The number of benzene rings is 6. The number of hydrogen-bond donors (Lipinski definition) is 0. The zero-order valence-corrected chi connectivity index (χ0v) is 22.4. The van der Waals surface area contributed by atoms with Crippen molar-refractivity contribution in [3.63, 3.8) is 0 Å². The van der Waals surface area contributed by atoms with E-state index in [1.54, 1.807) is 0 Å². The molecule has 0 radical (unpaired) electrons. The van der Waals surface area contributed by atoms with Crippen molar-refractivity contribution in [2.24, 2.45) is 0 Å². The molecule has 41 heavy (non-hydrogen) atoms. The molecule has 0 N–H and O–H groups in total. The summed E-state index contributed by atoms with van der Waals surface area (Å²) >= 11 is 0. The Balaban J connectivity index is 1.29. The van der Waals surface area contributed by atoms with Crippen LogP contribution in [0, 0.1) is 0 Å². The van der Waals surface area contributed by atoms with Crippen molar-refractivity contribution in [3.05, 3.63) is 164 Å². The second-order valence-corrected chi connectivity index (χ2v) is 10.3. The number of hydrogen-bond acceptors (Lipinski definition) is 1. The zero-order valence-electron chi connectivity index (χ0n) is 22.4. The third-order valence-corrected chi connectivity index (χ3v) is 7.91.